The standard InChI is InChI=1S/C45H50Cl2N6O9/c1-44(2,3)61-42(57)52-41(53-43(58)62-45(4,5)6)50-30-17-18-36-31(23-30)34(19-20-59-36)48-25-37(54)49-24-35(40(56)60-26-27-13-9-7-10-14-27)51-39(55)38-32(46)21-29(22-33(38)47)28-15-11-8-12-16-28/h7-18,21-23,34-35,48H,19-20,24-26H2,1-6H3,(H,49,54)(H,51,55)(H2,50,52,53,57,58)/t34-,35+/m1/s1. The van der Waals surface area contributed by atoms with Crippen LogP contribution in [-0.4, -0.2) is 72.9 Å². The zero-order valence-electron chi connectivity index (χ0n) is 35.2. The lowest BCUT2D eigenvalue weighted by Gasteiger charge is -2.27. The van der Waals surface area contributed by atoms with Gasteiger partial charge >= 0.3 is 18.2 Å². The Morgan fingerprint density at radius 1 is 0.790 bits per heavy atom. The van der Waals surface area contributed by atoms with Crippen LogP contribution in [0.5, 0.6) is 5.75 Å². The summed E-state index contributed by atoms with van der Waals surface area (Å²) >= 11 is 13.2. The minimum atomic E-state index is -1.32. The number of nitrogens with zero attached hydrogens (tertiary/aromatic N) is 1. The number of fused-ring (bicyclic) bond motifs is 1. The van der Waals surface area contributed by atoms with Crippen molar-refractivity contribution in [3.8, 4) is 16.9 Å². The first-order valence-corrected chi connectivity index (χ1v) is 20.5. The van der Waals surface area contributed by atoms with Gasteiger partial charge in [0.2, 0.25) is 11.9 Å². The maximum atomic E-state index is 13.6. The Balaban J connectivity index is 1.28. The summed E-state index contributed by atoms with van der Waals surface area (Å²) in [5, 5.41) is 13.6. The van der Waals surface area contributed by atoms with Crippen LogP contribution in [0.3, 0.4) is 0 Å². The van der Waals surface area contributed by atoms with E-state index >= 15 is 0 Å². The Hall–Kier alpha value is -6.16. The van der Waals surface area contributed by atoms with Gasteiger partial charge in [-0.1, -0.05) is 83.9 Å². The molecule has 1 aliphatic heterocycles. The summed E-state index contributed by atoms with van der Waals surface area (Å²) in [5.74, 6) is -1.73. The zero-order valence-corrected chi connectivity index (χ0v) is 36.7. The van der Waals surface area contributed by atoms with Crippen LogP contribution in [0.1, 0.15) is 75.5 Å². The van der Waals surface area contributed by atoms with E-state index in [9.17, 15) is 24.0 Å². The van der Waals surface area contributed by atoms with Crippen molar-refractivity contribution in [3.63, 3.8) is 0 Å². The molecule has 1 heterocycles. The van der Waals surface area contributed by atoms with Gasteiger partial charge in [0.25, 0.3) is 5.91 Å². The number of aliphatic imine (C=N–C) groups is 1. The van der Waals surface area contributed by atoms with Crippen molar-refractivity contribution in [3.05, 3.63) is 118 Å². The number of hydrogen-bond donors (Lipinski definition) is 5. The second kappa shape index (κ2) is 21.1. The van der Waals surface area contributed by atoms with Crippen LogP contribution in [0.4, 0.5) is 15.3 Å². The van der Waals surface area contributed by atoms with Gasteiger partial charge < -0.3 is 34.9 Å². The molecule has 5 rings (SSSR count). The molecule has 0 unspecified atom stereocenters. The van der Waals surface area contributed by atoms with Crippen molar-refractivity contribution in [2.45, 2.75) is 77.9 Å². The lowest BCUT2D eigenvalue weighted by Crippen LogP contribution is -2.50. The number of halogens is 2. The molecule has 2 atom stereocenters. The number of rotatable bonds is 12. The Kier molecular flexibility index (Phi) is 15.9. The van der Waals surface area contributed by atoms with Gasteiger partial charge in [-0.05, 0) is 88.6 Å². The molecule has 0 aromatic heterocycles. The van der Waals surface area contributed by atoms with Crippen molar-refractivity contribution in [2.75, 3.05) is 19.7 Å². The summed E-state index contributed by atoms with van der Waals surface area (Å²) in [6, 6.07) is 24.9. The highest BCUT2D eigenvalue weighted by Gasteiger charge is 2.28. The minimum Gasteiger partial charge on any atom is -0.493 e. The van der Waals surface area contributed by atoms with Crippen molar-refractivity contribution in [2.24, 2.45) is 4.99 Å². The number of carbonyl (C=O) groups is 5. The van der Waals surface area contributed by atoms with Crippen LogP contribution in [0.25, 0.3) is 11.1 Å². The molecule has 0 bridgehead atoms. The topological polar surface area (TPSA) is 195 Å². The largest absolute Gasteiger partial charge is 0.493 e. The van der Waals surface area contributed by atoms with Gasteiger partial charge in [-0.3, -0.25) is 20.2 Å². The van der Waals surface area contributed by atoms with Gasteiger partial charge in [-0.2, -0.15) is 0 Å². The summed E-state index contributed by atoms with van der Waals surface area (Å²) in [6.45, 7) is 9.92. The van der Waals surface area contributed by atoms with Crippen LogP contribution in [0.15, 0.2) is 96.0 Å². The molecular formula is C45H50Cl2N6O9. The third-order valence-electron chi connectivity index (χ3n) is 8.71. The van der Waals surface area contributed by atoms with Crippen molar-refractivity contribution in [1.82, 2.24) is 26.6 Å². The molecule has 5 N–H and O–H groups in total. The molecule has 0 fully saturated rings. The van der Waals surface area contributed by atoms with Gasteiger partial charge in [0.15, 0.2) is 0 Å². The normalized spacial score (nSPS) is 13.8. The molecule has 0 aliphatic carbocycles. The van der Waals surface area contributed by atoms with E-state index in [0.717, 1.165) is 11.1 Å². The second-order valence-corrected chi connectivity index (χ2v) is 16.9. The molecule has 0 saturated carbocycles. The molecule has 4 aromatic carbocycles. The monoisotopic (exact) mass is 888 g/mol. The molecule has 328 valence electrons. The zero-order chi connectivity index (χ0) is 45.0. The first kappa shape index (κ1) is 46.9. The highest BCUT2D eigenvalue weighted by Crippen LogP contribution is 2.35. The number of ether oxygens (including phenoxy) is 4. The summed E-state index contributed by atoms with van der Waals surface area (Å²) in [7, 11) is 0. The van der Waals surface area contributed by atoms with E-state index in [1.807, 2.05) is 36.4 Å². The van der Waals surface area contributed by atoms with Crippen molar-refractivity contribution >= 4 is 64.8 Å². The van der Waals surface area contributed by atoms with Gasteiger partial charge in [-0.25, -0.2) is 19.4 Å². The van der Waals surface area contributed by atoms with E-state index in [2.05, 4.69) is 31.6 Å². The minimum absolute atomic E-state index is 0.0443. The van der Waals surface area contributed by atoms with Gasteiger partial charge in [0.05, 0.1) is 34.4 Å². The lowest BCUT2D eigenvalue weighted by atomic mass is 10.00. The van der Waals surface area contributed by atoms with E-state index in [-0.39, 0.29) is 41.3 Å². The van der Waals surface area contributed by atoms with E-state index in [1.165, 1.54) is 0 Å². The van der Waals surface area contributed by atoms with E-state index < -0.39 is 53.3 Å². The summed E-state index contributed by atoms with van der Waals surface area (Å²) in [4.78, 5) is 70.2. The highest BCUT2D eigenvalue weighted by atomic mass is 35.5. The Morgan fingerprint density at radius 3 is 1.98 bits per heavy atom. The molecule has 0 saturated heterocycles. The quantitative estimate of drug-likeness (QED) is 0.0406. The van der Waals surface area contributed by atoms with Crippen LogP contribution in [0, 0.1) is 0 Å². The van der Waals surface area contributed by atoms with Gasteiger partial charge in [-0.15, -0.1) is 0 Å². The maximum absolute atomic E-state index is 13.6. The van der Waals surface area contributed by atoms with Crippen molar-refractivity contribution < 1.29 is 42.9 Å². The first-order chi connectivity index (χ1) is 29.3. The summed E-state index contributed by atoms with van der Waals surface area (Å²) < 4.78 is 22.1. The number of nitrogens with one attached hydrogen (secondary N) is 5. The van der Waals surface area contributed by atoms with Crippen molar-refractivity contribution in [1.29, 1.82) is 0 Å². The Labute approximate surface area is 370 Å². The molecule has 4 amide bonds. The fourth-order valence-electron chi connectivity index (χ4n) is 6.01. The smallest absolute Gasteiger partial charge is 0.414 e. The van der Waals surface area contributed by atoms with E-state index in [1.54, 1.807) is 96.1 Å². The second-order valence-electron chi connectivity index (χ2n) is 16.1. The number of hydrogen-bond acceptors (Lipinski definition) is 11. The highest BCUT2D eigenvalue weighted by molar-refractivity contribution is 6.40. The van der Waals surface area contributed by atoms with Gasteiger partial charge in [0.1, 0.15) is 29.6 Å². The number of alkyl carbamates (subject to hydrolysis) is 2. The number of amides is 4. The fourth-order valence-corrected chi connectivity index (χ4v) is 6.67. The predicted molar refractivity (Wildman–Crippen MR) is 236 cm³/mol. The molecule has 4 aromatic rings. The third kappa shape index (κ3) is 14.5. The van der Waals surface area contributed by atoms with Crippen LogP contribution < -0.4 is 31.3 Å². The lowest BCUT2D eigenvalue weighted by molar-refractivity contribution is -0.147. The Morgan fingerprint density at radius 2 is 1.39 bits per heavy atom. The number of esters is 1. The predicted octanol–water partition coefficient (Wildman–Crippen LogP) is 7.77. The van der Waals surface area contributed by atoms with Gasteiger partial charge in [0, 0.05) is 24.6 Å². The molecule has 62 heavy (non-hydrogen) atoms. The maximum Gasteiger partial charge on any atom is 0.414 e. The average Bonchev–Trinajstić information content (AvgIpc) is 3.19. The molecule has 0 radical (unpaired) electrons. The summed E-state index contributed by atoms with van der Waals surface area (Å²) in [6.07, 6.45) is -1.23. The molecule has 15 nitrogen and oxygen atoms in total. The molecule has 1 aliphatic rings. The Bertz CT molecular complexity index is 2220. The third-order valence-corrected chi connectivity index (χ3v) is 9.31. The van der Waals surface area contributed by atoms with Crippen LogP contribution in [0.2, 0.25) is 10.0 Å². The average molecular weight is 890 g/mol. The van der Waals surface area contributed by atoms with Crippen LogP contribution in [-0.2, 0) is 30.4 Å². The SMILES string of the molecule is CC(C)(C)OC(=O)NC(=Nc1ccc2c(c1)[C@H](NCC(=O)NC[C@H](NC(=O)c1c(Cl)cc(-c3ccccc3)cc1Cl)C(=O)OCc1ccccc1)CCO2)NC(=O)OC(C)(C)C. The molecule has 17 heteroatoms. The first-order valence-electron chi connectivity index (χ1n) is 19.7. The number of guanidine groups is 1. The fraction of sp³-hybridized carbons (Fsp3) is 0.333. The van der Waals surface area contributed by atoms with E-state index in [4.69, 9.17) is 42.1 Å². The molecule has 0 spiro atoms. The molecular weight excluding hydrogens is 839 g/mol. The summed E-state index contributed by atoms with van der Waals surface area (Å²) in [5.41, 5.74) is 1.55. The number of carbonyl (C=O) groups excluding carboxylic acids is 5. The number of benzene rings is 4. The van der Waals surface area contributed by atoms with E-state index in [0.29, 0.717) is 35.6 Å². The van der Waals surface area contributed by atoms with Crippen LogP contribution >= 0.6 is 23.2 Å².